The van der Waals surface area contributed by atoms with Gasteiger partial charge in [-0.15, -0.1) is 0 Å². The van der Waals surface area contributed by atoms with Crippen LogP contribution in [0.2, 0.25) is 0 Å². The topological polar surface area (TPSA) is 102 Å². The Labute approximate surface area is 146 Å². The van der Waals surface area contributed by atoms with E-state index in [1.165, 1.54) is 12.1 Å². The molecule has 0 bridgehead atoms. The normalized spacial score (nSPS) is 11.5. The zero-order chi connectivity index (χ0) is 18.4. The molecule has 2 rings (SSSR count). The first-order chi connectivity index (χ1) is 11.8. The van der Waals surface area contributed by atoms with E-state index in [4.69, 9.17) is 4.74 Å². The molecule has 9 heteroatoms. The molecule has 2 aromatic carbocycles. The van der Waals surface area contributed by atoms with Crippen molar-refractivity contribution >= 4 is 15.7 Å². The third-order valence-electron chi connectivity index (χ3n) is 3.26. The molecule has 0 amide bonds. The first-order valence-electron chi connectivity index (χ1n) is 7.45. The minimum absolute atomic E-state index is 0.0246. The number of sulfonamides is 1. The largest absolute Gasteiger partial charge is 0.450 e. The van der Waals surface area contributed by atoms with Crippen LogP contribution in [-0.2, 0) is 10.0 Å². The van der Waals surface area contributed by atoms with Crippen molar-refractivity contribution < 1.29 is 18.1 Å². The lowest BCUT2D eigenvalue weighted by atomic mass is 10.3. The number of likely N-dealkylation sites (N-methyl/N-ethyl adjacent to an activating group) is 1. The Bertz CT molecular complexity index is 838. The molecule has 0 aromatic heterocycles. The number of ether oxygens (including phenoxy) is 1. The summed E-state index contributed by atoms with van der Waals surface area (Å²) in [6.07, 6.45) is 0. The average molecular weight is 365 g/mol. The van der Waals surface area contributed by atoms with Gasteiger partial charge in [-0.25, -0.2) is 13.1 Å². The monoisotopic (exact) mass is 365 g/mol. The zero-order valence-corrected chi connectivity index (χ0v) is 14.7. The van der Waals surface area contributed by atoms with Gasteiger partial charge in [-0.2, -0.15) is 0 Å². The lowest BCUT2D eigenvalue weighted by molar-refractivity contribution is -0.385. The molecule has 1 N–H and O–H groups in total. The summed E-state index contributed by atoms with van der Waals surface area (Å²) in [5, 5.41) is 11.3. The Hall–Kier alpha value is -2.49. The van der Waals surface area contributed by atoms with Crippen LogP contribution in [0.1, 0.15) is 0 Å². The van der Waals surface area contributed by atoms with E-state index < -0.39 is 20.6 Å². The summed E-state index contributed by atoms with van der Waals surface area (Å²) >= 11 is 0. The van der Waals surface area contributed by atoms with Crippen molar-refractivity contribution in [1.29, 1.82) is 0 Å². The molecule has 0 spiro atoms. The molecule has 2 aromatic rings. The minimum Gasteiger partial charge on any atom is -0.450 e. The summed E-state index contributed by atoms with van der Waals surface area (Å²) in [6.45, 7) is 0.710. The fourth-order valence-corrected chi connectivity index (χ4v) is 3.04. The molecule has 0 fully saturated rings. The molecule has 0 heterocycles. The number of nitrogens with one attached hydrogen (secondary N) is 1. The highest BCUT2D eigenvalue weighted by Crippen LogP contribution is 2.33. The van der Waals surface area contributed by atoms with Crippen LogP contribution >= 0.6 is 0 Å². The highest BCUT2D eigenvalue weighted by Gasteiger charge is 2.22. The third-order valence-corrected chi connectivity index (χ3v) is 4.72. The highest BCUT2D eigenvalue weighted by molar-refractivity contribution is 7.89. The van der Waals surface area contributed by atoms with Gasteiger partial charge in [0.1, 0.15) is 5.75 Å². The Morgan fingerprint density at radius 3 is 2.44 bits per heavy atom. The molecule has 0 radical (unpaired) electrons. The van der Waals surface area contributed by atoms with Gasteiger partial charge >= 0.3 is 5.69 Å². The number of nitrogens with zero attached hydrogens (tertiary/aromatic N) is 2. The number of nitro groups is 1. The van der Waals surface area contributed by atoms with Gasteiger partial charge in [0.15, 0.2) is 0 Å². The van der Waals surface area contributed by atoms with Gasteiger partial charge in [-0.05, 0) is 38.4 Å². The molecular formula is C16H19N3O5S. The number of hydrogen-bond acceptors (Lipinski definition) is 6. The van der Waals surface area contributed by atoms with Crippen LogP contribution in [0.25, 0.3) is 0 Å². The molecule has 0 atom stereocenters. The number of hydrogen-bond donors (Lipinski definition) is 1. The van der Waals surface area contributed by atoms with Crippen molar-refractivity contribution in [3.63, 3.8) is 0 Å². The van der Waals surface area contributed by atoms with Crippen LogP contribution in [0.3, 0.4) is 0 Å². The zero-order valence-electron chi connectivity index (χ0n) is 13.9. The van der Waals surface area contributed by atoms with E-state index in [0.717, 1.165) is 6.07 Å². The molecular weight excluding hydrogens is 346 g/mol. The van der Waals surface area contributed by atoms with Gasteiger partial charge in [0.05, 0.1) is 9.82 Å². The second kappa shape index (κ2) is 8.06. The minimum atomic E-state index is -3.84. The first kappa shape index (κ1) is 18.8. The van der Waals surface area contributed by atoms with E-state index in [1.807, 2.05) is 19.0 Å². The maximum Gasteiger partial charge on any atom is 0.312 e. The van der Waals surface area contributed by atoms with Gasteiger partial charge < -0.3 is 9.64 Å². The first-order valence-corrected chi connectivity index (χ1v) is 8.93. The van der Waals surface area contributed by atoms with Crippen molar-refractivity contribution in [2.75, 3.05) is 27.2 Å². The molecule has 8 nitrogen and oxygen atoms in total. The van der Waals surface area contributed by atoms with Crippen LogP contribution in [-0.4, -0.2) is 45.4 Å². The molecule has 0 unspecified atom stereocenters. The third kappa shape index (κ3) is 5.24. The Balaban J connectivity index is 2.27. The number of nitro benzene ring substituents is 1. The van der Waals surface area contributed by atoms with E-state index in [9.17, 15) is 18.5 Å². The van der Waals surface area contributed by atoms with Gasteiger partial charge in [0, 0.05) is 19.2 Å². The highest BCUT2D eigenvalue weighted by atomic mass is 32.2. The second-order valence-electron chi connectivity index (χ2n) is 5.50. The lowest BCUT2D eigenvalue weighted by Gasteiger charge is -2.12. The number of rotatable bonds is 8. The van der Waals surface area contributed by atoms with E-state index in [1.54, 1.807) is 30.3 Å². The van der Waals surface area contributed by atoms with Gasteiger partial charge in [0.2, 0.25) is 15.8 Å². The SMILES string of the molecule is CN(C)CCNS(=O)(=O)c1ccc(Oc2ccccc2)c([N+](=O)[O-])c1. The van der Waals surface area contributed by atoms with Crippen molar-refractivity contribution in [1.82, 2.24) is 9.62 Å². The fraction of sp³-hybridized carbons (Fsp3) is 0.250. The Kier molecular flexibility index (Phi) is 6.07. The molecule has 0 aliphatic heterocycles. The standard InChI is InChI=1S/C16H19N3O5S/c1-18(2)11-10-17-25(22,23)14-8-9-16(15(12-14)19(20)21)24-13-6-4-3-5-7-13/h3-9,12,17H,10-11H2,1-2H3. The quantitative estimate of drug-likeness (QED) is 0.568. The van der Waals surface area contributed by atoms with Crippen LogP contribution < -0.4 is 9.46 Å². The van der Waals surface area contributed by atoms with Crippen molar-refractivity contribution in [3.05, 3.63) is 58.6 Å². The summed E-state index contributed by atoms with van der Waals surface area (Å²) in [7, 11) is -0.210. The second-order valence-corrected chi connectivity index (χ2v) is 7.27. The number of benzene rings is 2. The maximum atomic E-state index is 12.3. The molecule has 25 heavy (non-hydrogen) atoms. The molecule has 0 aliphatic carbocycles. The average Bonchev–Trinajstić information content (AvgIpc) is 2.55. The molecule has 0 saturated carbocycles. The molecule has 0 saturated heterocycles. The molecule has 0 aliphatic rings. The predicted octanol–water partition coefficient (Wildman–Crippen LogP) is 2.23. The van der Waals surface area contributed by atoms with Crippen LogP contribution in [0.5, 0.6) is 11.5 Å². The predicted molar refractivity (Wildman–Crippen MR) is 93.4 cm³/mol. The summed E-state index contributed by atoms with van der Waals surface area (Å²) in [4.78, 5) is 12.3. The van der Waals surface area contributed by atoms with E-state index in [-0.39, 0.29) is 17.2 Å². The van der Waals surface area contributed by atoms with Crippen LogP contribution in [0.4, 0.5) is 5.69 Å². The Morgan fingerprint density at radius 1 is 1.16 bits per heavy atom. The summed E-state index contributed by atoms with van der Waals surface area (Å²) in [5.74, 6) is 0.397. The summed E-state index contributed by atoms with van der Waals surface area (Å²) in [5.41, 5.74) is -0.417. The van der Waals surface area contributed by atoms with Crippen LogP contribution in [0.15, 0.2) is 53.4 Å². The van der Waals surface area contributed by atoms with E-state index >= 15 is 0 Å². The van der Waals surface area contributed by atoms with Crippen LogP contribution in [0, 0.1) is 10.1 Å². The van der Waals surface area contributed by atoms with Gasteiger partial charge in [-0.1, -0.05) is 18.2 Å². The molecule has 134 valence electrons. The lowest BCUT2D eigenvalue weighted by Crippen LogP contribution is -2.31. The summed E-state index contributed by atoms with van der Waals surface area (Å²) in [6, 6.07) is 12.1. The van der Waals surface area contributed by atoms with Crippen molar-refractivity contribution in [2.45, 2.75) is 4.90 Å². The smallest absolute Gasteiger partial charge is 0.312 e. The van der Waals surface area contributed by atoms with Crippen molar-refractivity contribution in [3.8, 4) is 11.5 Å². The van der Waals surface area contributed by atoms with E-state index in [2.05, 4.69) is 4.72 Å². The number of para-hydroxylation sites is 1. The van der Waals surface area contributed by atoms with Gasteiger partial charge in [0.25, 0.3) is 0 Å². The van der Waals surface area contributed by atoms with E-state index in [0.29, 0.717) is 12.3 Å². The van der Waals surface area contributed by atoms with Gasteiger partial charge in [-0.3, -0.25) is 10.1 Å². The Morgan fingerprint density at radius 2 is 1.84 bits per heavy atom. The fourth-order valence-electron chi connectivity index (χ4n) is 2.00. The maximum absolute atomic E-state index is 12.3. The summed E-state index contributed by atoms with van der Waals surface area (Å²) < 4.78 is 32.4. The van der Waals surface area contributed by atoms with Crippen molar-refractivity contribution in [2.24, 2.45) is 0 Å².